The molecule has 0 radical (unpaired) electrons. The van der Waals surface area contributed by atoms with E-state index in [1.165, 1.54) is 0 Å². The average Bonchev–Trinajstić information content (AvgIpc) is 3.00. The lowest BCUT2D eigenvalue weighted by Crippen LogP contribution is -2.43. The largest absolute Gasteiger partial charge is 0.463 e. The molecule has 1 saturated carbocycles. The van der Waals surface area contributed by atoms with E-state index in [-0.39, 0.29) is 5.97 Å². The molecule has 0 aromatic heterocycles. The summed E-state index contributed by atoms with van der Waals surface area (Å²) in [4.78, 5) is 15.2. The summed E-state index contributed by atoms with van der Waals surface area (Å²) in [6.07, 6.45) is 6.65. The average molecular weight is 331 g/mol. The van der Waals surface area contributed by atoms with Crippen molar-refractivity contribution < 1.29 is 14.6 Å². The molecule has 24 heavy (non-hydrogen) atoms. The van der Waals surface area contributed by atoms with Crippen molar-refractivity contribution >= 4 is 5.97 Å². The summed E-state index contributed by atoms with van der Waals surface area (Å²) in [5, 5.41) is 11.2. The quantitative estimate of drug-likeness (QED) is 0.842. The van der Waals surface area contributed by atoms with E-state index in [4.69, 9.17) is 4.74 Å². The van der Waals surface area contributed by atoms with Crippen molar-refractivity contribution in [3.8, 4) is 0 Å². The number of hydrogen-bond donors (Lipinski definition) is 1. The second-order valence-corrected chi connectivity index (χ2v) is 7.41. The zero-order valence-corrected chi connectivity index (χ0v) is 14.6. The molecule has 0 unspecified atom stereocenters. The predicted molar refractivity (Wildman–Crippen MR) is 93.8 cm³/mol. The van der Waals surface area contributed by atoms with Gasteiger partial charge in [0.15, 0.2) is 0 Å². The molecule has 2 aliphatic rings. The normalized spacial score (nSPS) is 25.3. The number of hydrogen-bond acceptors (Lipinski definition) is 4. The third kappa shape index (κ3) is 3.81. The van der Waals surface area contributed by atoms with Gasteiger partial charge in [0.2, 0.25) is 0 Å². The Morgan fingerprint density at radius 3 is 2.58 bits per heavy atom. The molecule has 2 fully saturated rings. The van der Waals surface area contributed by atoms with Gasteiger partial charge < -0.3 is 14.7 Å². The molecule has 1 heterocycles. The van der Waals surface area contributed by atoms with Gasteiger partial charge in [0, 0.05) is 6.04 Å². The zero-order valence-electron chi connectivity index (χ0n) is 14.6. The maximum absolute atomic E-state index is 12.9. The number of carbonyl (C=O) groups is 1. The fourth-order valence-electron chi connectivity index (χ4n) is 4.22. The molecule has 0 bridgehead atoms. The molecule has 1 N–H and O–H groups in total. The Hall–Kier alpha value is -1.39. The number of ether oxygens (including phenoxy) is 1. The second-order valence-electron chi connectivity index (χ2n) is 7.41. The molecule has 4 heteroatoms. The monoisotopic (exact) mass is 331 g/mol. The van der Waals surface area contributed by atoms with Gasteiger partial charge in [-0.1, -0.05) is 49.6 Å². The smallest absolute Gasteiger partial charge is 0.316 e. The van der Waals surface area contributed by atoms with E-state index in [0.29, 0.717) is 25.5 Å². The second kappa shape index (κ2) is 7.66. The van der Waals surface area contributed by atoms with Crippen LogP contribution in [0.2, 0.25) is 0 Å². The number of benzene rings is 1. The van der Waals surface area contributed by atoms with Crippen LogP contribution in [0.15, 0.2) is 30.3 Å². The Bertz CT molecular complexity index is 539. The lowest BCUT2D eigenvalue weighted by Gasteiger charge is -2.38. The van der Waals surface area contributed by atoms with E-state index in [1.54, 1.807) is 0 Å². The summed E-state index contributed by atoms with van der Waals surface area (Å²) in [7, 11) is 2.08. The summed E-state index contributed by atoms with van der Waals surface area (Å²) in [6.45, 7) is 1.49. The highest BCUT2D eigenvalue weighted by Gasteiger charge is 2.44. The van der Waals surface area contributed by atoms with E-state index in [2.05, 4.69) is 11.9 Å². The predicted octanol–water partition coefficient (Wildman–Crippen LogP) is 3.10. The van der Waals surface area contributed by atoms with Gasteiger partial charge in [-0.15, -0.1) is 0 Å². The molecule has 132 valence electrons. The third-order valence-electron chi connectivity index (χ3n) is 5.71. The first-order chi connectivity index (χ1) is 11.6. The van der Waals surface area contributed by atoms with E-state index in [9.17, 15) is 9.90 Å². The number of rotatable bonds is 5. The lowest BCUT2D eigenvalue weighted by molar-refractivity contribution is -0.156. The summed E-state index contributed by atoms with van der Waals surface area (Å²) in [6, 6.07) is 9.95. The minimum Gasteiger partial charge on any atom is -0.463 e. The van der Waals surface area contributed by atoms with Crippen molar-refractivity contribution in [3.05, 3.63) is 35.9 Å². The Labute approximate surface area is 144 Å². The van der Waals surface area contributed by atoms with Crippen LogP contribution in [0.25, 0.3) is 0 Å². The SMILES string of the molecule is CN1CCC[C@@H]1COC(=O)[C@@H](c1ccccc1)C1(O)CCCCC1. The Balaban J connectivity index is 1.75. The van der Waals surface area contributed by atoms with Crippen molar-refractivity contribution in [3.63, 3.8) is 0 Å². The minimum atomic E-state index is -0.974. The first-order valence-electron chi connectivity index (χ1n) is 9.24. The van der Waals surface area contributed by atoms with E-state index in [1.807, 2.05) is 30.3 Å². The van der Waals surface area contributed by atoms with Crippen LogP contribution in [0.3, 0.4) is 0 Å². The van der Waals surface area contributed by atoms with Gasteiger partial charge in [-0.05, 0) is 44.8 Å². The van der Waals surface area contributed by atoms with Crippen molar-refractivity contribution in [1.29, 1.82) is 0 Å². The van der Waals surface area contributed by atoms with Gasteiger partial charge in [-0.2, -0.15) is 0 Å². The highest BCUT2D eigenvalue weighted by molar-refractivity contribution is 5.80. The molecule has 0 amide bonds. The molecule has 1 saturated heterocycles. The summed E-state index contributed by atoms with van der Waals surface area (Å²) in [5.74, 6) is -0.850. The topological polar surface area (TPSA) is 49.8 Å². The van der Waals surface area contributed by atoms with Crippen LogP contribution < -0.4 is 0 Å². The van der Waals surface area contributed by atoms with Crippen LogP contribution in [0, 0.1) is 0 Å². The molecular weight excluding hydrogens is 302 g/mol. The Morgan fingerprint density at radius 1 is 1.25 bits per heavy atom. The van der Waals surface area contributed by atoms with Crippen molar-refractivity contribution in [2.45, 2.75) is 62.5 Å². The van der Waals surface area contributed by atoms with Crippen LogP contribution in [0.1, 0.15) is 56.4 Å². The summed E-state index contributed by atoms with van der Waals surface area (Å²) < 4.78 is 5.69. The number of nitrogens with zero attached hydrogens (tertiary/aromatic N) is 1. The molecule has 3 rings (SSSR count). The first kappa shape index (κ1) is 17.4. The summed E-state index contributed by atoms with van der Waals surface area (Å²) >= 11 is 0. The highest BCUT2D eigenvalue weighted by Crippen LogP contribution is 2.40. The maximum atomic E-state index is 12.9. The van der Waals surface area contributed by atoms with Gasteiger partial charge in [-0.25, -0.2) is 0 Å². The fourth-order valence-corrected chi connectivity index (χ4v) is 4.22. The Morgan fingerprint density at radius 2 is 1.96 bits per heavy atom. The van der Waals surface area contributed by atoms with Gasteiger partial charge >= 0.3 is 5.97 Å². The van der Waals surface area contributed by atoms with E-state index in [0.717, 1.165) is 44.2 Å². The van der Waals surface area contributed by atoms with Gasteiger partial charge in [0.05, 0.1) is 5.60 Å². The van der Waals surface area contributed by atoms with Crippen LogP contribution in [0.4, 0.5) is 0 Å². The number of likely N-dealkylation sites (N-methyl/N-ethyl adjacent to an activating group) is 1. The molecule has 1 aromatic carbocycles. The fraction of sp³-hybridized carbons (Fsp3) is 0.650. The standard InChI is InChI=1S/C20H29NO3/c1-21-14-8-11-17(21)15-24-19(22)18(16-9-4-2-5-10-16)20(23)12-6-3-7-13-20/h2,4-5,9-10,17-18,23H,3,6-8,11-15H2,1H3/t17-,18-/m1/s1. The van der Waals surface area contributed by atoms with Crippen LogP contribution in [0.5, 0.6) is 0 Å². The zero-order chi connectivity index (χ0) is 17.0. The summed E-state index contributed by atoms with van der Waals surface area (Å²) in [5.41, 5.74) is -0.107. The number of likely N-dealkylation sites (tertiary alicyclic amines) is 1. The molecule has 4 nitrogen and oxygen atoms in total. The Kier molecular flexibility index (Phi) is 5.57. The molecule has 0 spiro atoms. The van der Waals surface area contributed by atoms with Crippen molar-refractivity contribution in [1.82, 2.24) is 4.90 Å². The van der Waals surface area contributed by atoms with Crippen LogP contribution in [-0.2, 0) is 9.53 Å². The molecule has 1 aliphatic carbocycles. The molecular formula is C20H29NO3. The van der Waals surface area contributed by atoms with E-state index < -0.39 is 11.5 Å². The molecule has 2 atom stereocenters. The molecule has 1 aromatic rings. The maximum Gasteiger partial charge on any atom is 0.316 e. The van der Waals surface area contributed by atoms with Crippen molar-refractivity contribution in [2.24, 2.45) is 0 Å². The minimum absolute atomic E-state index is 0.272. The number of aliphatic hydroxyl groups is 1. The lowest BCUT2D eigenvalue weighted by atomic mass is 9.73. The third-order valence-corrected chi connectivity index (χ3v) is 5.71. The van der Waals surface area contributed by atoms with Crippen molar-refractivity contribution in [2.75, 3.05) is 20.2 Å². The van der Waals surface area contributed by atoms with Gasteiger partial charge in [0.1, 0.15) is 12.5 Å². The van der Waals surface area contributed by atoms with Gasteiger partial charge in [0.25, 0.3) is 0 Å². The number of carbonyl (C=O) groups excluding carboxylic acids is 1. The number of esters is 1. The van der Waals surface area contributed by atoms with Crippen LogP contribution in [-0.4, -0.2) is 47.8 Å². The first-order valence-corrected chi connectivity index (χ1v) is 9.24. The van der Waals surface area contributed by atoms with Crippen LogP contribution >= 0.6 is 0 Å². The highest BCUT2D eigenvalue weighted by atomic mass is 16.5. The molecule has 1 aliphatic heterocycles. The van der Waals surface area contributed by atoms with Gasteiger partial charge in [-0.3, -0.25) is 4.79 Å². The van der Waals surface area contributed by atoms with E-state index >= 15 is 0 Å².